The molecule has 0 atom stereocenters. The molecule has 3 heterocycles. The maximum atomic E-state index is 13.0. The van der Waals surface area contributed by atoms with E-state index in [1.54, 1.807) is 0 Å². The van der Waals surface area contributed by atoms with E-state index in [0.717, 1.165) is 46.2 Å². The maximum Gasteiger partial charge on any atom is 0.310 e. The van der Waals surface area contributed by atoms with E-state index in [-0.39, 0.29) is 5.91 Å². The zero-order valence-corrected chi connectivity index (χ0v) is 23.0. The molecule has 1 N–H and O–H groups in total. The largest absolute Gasteiger partial charge is 0.370 e. The van der Waals surface area contributed by atoms with Crippen molar-refractivity contribution < 1.29 is 24.2 Å². The Morgan fingerprint density at radius 1 is 0.897 bits per heavy atom. The number of aromatic nitrogens is 2. The van der Waals surface area contributed by atoms with Crippen molar-refractivity contribution in [2.24, 2.45) is 0 Å². The number of anilines is 2. The van der Waals surface area contributed by atoms with Gasteiger partial charge < -0.3 is 15.1 Å². The summed E-state index contributed by atoms with van der Waals surface area (Å²) in [4.78, 5) is 21.4. The van der Waals surface area contributed by atoms with Crippen molar-refractivity contribution in [3.8, 4) is 0 Å². The summed E-state index contributed by atoms with van der Waals surface area (Å²) < 4.78 is 67.0. The molecule has 13 heteroatoms. The molecular formula is C26H28F5N5OS2. The molecule has 5 rings (SSSR count). The second kappa shape index (κ2) is 9.12. The lowest BCUT2D eigenvalue weighted by atomic mass is 10.2. The maximum absolute atomic E-state index is 13.0. The number of carbonyl (C=O) groups is 1. The van der Waals surface area contributed by atoms with Crippen LogP contribution in [0, 0.1) is 13.8 Å². The van der Waals surface area contributed by atoms with Gasteiger partial charge in [-0.25, -0.2) is 4.98 Å². The lowest BCUT2D eigenvalue weighted by Gasteiger charge is -2.40. The lowest BCUT2D eigenvalue weighted by Crippen LogP contribution is -2.30. The van der Waals surface area contributed by atoms with E-state index >= 15 is 0 Å². The first-order valence-electron chi connectivity index (χ1n) is 12.3. The molecule has 1 aliphatic heterocycles. The van der Waals surface area contributed by atoms with Gasteiger partial charge in [-0.05, 0) is 62.2 Å². The first-order valence-corrected chi connectivity index (χ1v) is 15.1. The number of benzene rings is 2. The highest BCUT2D eigenvalue weighted by Gasteiger charge is 2.65. The molecule has 0 spiro atoms. The average molecular weight is 586 g/mol. The predicted octanol–water partition coefficient (Wildman–Crippen LogP) is 7.32. The van der Waals surface area contributed by atoms with Crippen molar-refractivity contribution in [1.29, 1.82) is 0 Å². The van der Waals surface area contributed by atoms with Gasteiger partial charge in [0, 0.05) is 55.2 Å². The monoisotopic (exact) mass is 585 g/mol. The number of thiazole rings is 1. The molecule has 1 amide bonds. The normalized spacial score (nSPS) is 16.6. The molecule has 0 aliphatic carbocycles. The second-order valence-electron chi connectivity index (χ2n) is 9.68. The highest BCUT2D eigenvalue weighted by molar-refractivity contribution is 8.45. The molecule has 4 aromatic rings. The van der Waals surface area contributed by atoms with Crippen molar-refractivity contribution in [1.82, 2.24) is 14.7 Å². The Labute approximate surface area is 226 Å². The Kier molecular flexibility index (Phi) is 6.37. The topological polar surface area (TPSA) is 52.9 Å². The number of nitrogens with zero attached hydrogens (tertiary/aromatic N) is 4. The van der Waals surface area contributed by atoms with E-state index in [9.17, 15) is 24.2 Å². The van der Waals surface area contributed by atoms with Gasteiger partial charge in [0.1, 0.15) is 10.6 Å². The molecule has 1 fully saturated rings. The number of hydrogen-bond acceptors (Lipinski definition) is 5. The van der Waals surface area contributed by atoms with Gasteiger partial charge in [0.15, 0.2) is 4.96 Å². The number of imidazole rings is 1. The molecule has 1 saturated heterocycles. The summed E-state index contributed by atoms with van der Waals surface area (Å²) in [6, 6.07) is 11.0. The van der Waals surface area contributed by atoms with Crippen molar-refractivity contribution in [3.63, 3.8) is 0 Å². The molecule has 6 nitrogen and oxygen atoms in total. The smallest absolute Gasteiger partial charge is 0.310 e. The minimum absolute atomic E-state index is 0.192. The van der Waals surface area contributed by atoms with Crippen LogP contribution < -0.4 is 15.1 Å². The molecule has 0 saturated carbocycles. The summed E-state index contributed by atoms with van der Waals surface area (Å²) >= 11 is 1.53. The fourth-order valence-corrected chi connectivity index (χ4v) is 6.30. The van der Waals surface area contributed by atoms with Crippen LogP contribution in [0.25, 0.3) is 4.96 Å². The third kappa shape index (κ3) is 5.98. The predicted molar refractivity (Wildman–Crippen MR) is 147 cm³/mol. The third-order valence-corrected chi connectivity index (χ3v) is 8.79. The minimum Gasteiger partial charge on any atom is -0.370 e. The van der Waals surface area contributed by atoms with Crippen LogP contribution in [0.2, 0.25) is 0 Å². The van der Waals surface area contributed by atoms with Crippen LogP contribution in [-0.2, 0) is 6.54 Å². The van der Waals surface area contributed by atoms with Crippen LogP contribution in [0.4, 0.5) is 30.8 Å². The first-order chi connectivity index (χ1) is 18.2. The van der Waals surface area contributed by atoms with Crippen molar-refractivity contribution in [3.05, 3.63) is 76.6 Å². The van der Waals surface area contributed by atoms with Gasteiger partial charge in [-0.3, -0.25) is 9.20 Å². The Balaban J connectivity index is 1.19. The Morgan fingerprint density at radius 2 is 1.46 bits per heavy atom. The molecule has 39 heavy (non-hydrogen) atoms. The standard InChI is InChI=1S/C26H28F5N5OS2/c1-18-17-36-24(19(2)33-26(36)38-18)25(37)32-16-20-4-6-21(7-5-20)34-12-3-13-35(15-14-34)22-8-10-23(11-9-22)39(27,28,29,30)31/h4-11,17H,3,12-16H2,1-2H3,(H,32,37). The van der Waals surface area contributed by atoms with E-state index in [1.807, 2.05) is 53.6 Å². The van der Waals surface area contributed by atoms with Gasteiger partial charge in [-0.15, -0.1) is 11.3 Å². The Morgan fingerprint density at radius 3 is 2.03 bits per heavy atom. The highest BCUT2D eigenvalue weighted by Crippen LogP contribution is 3.02. The first kappa shape index (κ1) is 27.3. The number of nitrogens with one attached hydrogen (secondary N) is 1. The summed E-state index contributed by atoms with van der Waals surface area (Å²) in [5.74, 6) is -0.192. The van der Waals surface area contributed by atoms with Gasteiger partial charge in [0.2, 0.25) is 0 Å². The van der Waals surface area contributed by atoms with Crippen LogP contribution >= 0.6 is 21.6 Å². The van der Waals surface area contributed by atoms with Gasteiger partial charge in [-0.2, -0.15) is 0 Å². The number of fused-ring (bicyclic) bond motifs is 1. The van der Waals surface area contributed by atoms with Gasteiger partial charge in [0.05, 0.1) is 5.69 Å². The number of hydrogen-bond donors (Lipinski definition) is 1. The molecule has 210 valence electrons. The summed E-state index contributed by atoms with van der Waals surface area (Å²) in [6.45, 7) is 6.65. The zero-order chi connectivity index (χ0) is 28.1. The molecule has 0 unspecified atom stereocenters. The van der Waals surface area contributed by atoms with Crippen molar-refractivity contribution >= 4 is 43.8 Å². The minimum atomic E-state index is -9.68. The molecule has 0 bridgehead atoms. The third-order valence-electron chi connectivity index (χ3n) is 6.73. The Bertz CT molecular complexity index is 1520. The van der Waals surface area contributed by atoms with E-state index < -0.39 is 15.1 Å². The molecular weight excluding hydrogens is 557 g/mol. The number of amides is 1. The lowest BCUT2D eigenvalue weighted by molar-refractivity contribution is 0.0944. The van der Waals surface area contributed by atoms with E-state index in [0.29, 0.717) is 55.4 Å². The van der Waals surface area contributed by atoms with Crippen molar-refractivity contribution in [2.75, 3.05) is 36.0 Å². The van der Waals surface area contributed by atoms with E-state index in [1.165, 1.54) is 11.3 Å². The van der Waals surface area contributed by atoms with Crippen LogP contribution in [0.15, 0.2) is 59.6 Å². The fourth-order valence-electron chi connectivity index (χ4n) is 4.78. The molecule has 2 aromatic heterocycles. The van der Waals surface area contributed by atoms with E-state index in [4.69, 9.17) is 0 Å². The SMILES string of the molecule is Cc1cn2c(C(=O)NCc3ccc(N4CCCN(c5ccc(S(F)(F)(F)(F)F)cc5)CC4)cc3)c(C)nc2s1. The van der Waals surface area contributed by atoms with Crippen LogP contribution in [-0.4, -0.2) is 41.5 Å². The number of aryl methyl sites for hydroxylation is 2. The average Bonchev–Trinajstić information content (AvgIpc) is 3.23. The number of rotatable bonds is 6. The second-order valence-corrected chi connectivity index (χ2v) is 13.3. The highest BCUT2D eigenvalue weighted by atomic mass is 32.5. The molecule has 2 aromatic carbocycles. The van der Waals surface area contributed by atoms with Crippen LogP contribution in [0.1, 0.15) is 33.0 Å². The summed E-state index contributed by atoms with van der Waals surface area (Å²) in [7, 11) is -9.68. The van der Waals surface area contributed by atoms with Gasteiger partial charge in [-0.1, -0.05) is 31.6 Å². The fraction of sp³-hybridized carbons (Fsp3) is 0.308. The summed E-state index contributed by atoms with van der Waals surface area (Å²) in [5, 5.41) is 2.96. The molecule has 0 radical (unpaired) electrons. The van der Waals surface area contributed by atoms with Crippen LogP contribution in [0.3, 0.4) is 0 Å². The summed E-state index contributed by atoms with van der Waals surface area (Å²) in [6.07, 6.45) is 2.66. The number of carbonyl (C=O) groups excluding carboxylic acids is 1. The van der Waals surface area contributed by atoms with Gasteiger partial charge in [0.25, 0.3) is 5.91 Å². The van der Waals surface area contributed by atoms with E-state index in [2.05, 4.69) is 15.2 Å². The van der Waals surface area contributed by atoms with Crippen molar-refractivity contribution in [2.45, 2.75) is 31.7 Å². The Hall–Kier alpha value is -3.32. The number of halogens is 5. The zero-order valence-electron chi connectivity index (χ0n) is 21.3. The summed E-state index contributed by atoms with van der Waals surface area (Å²) in [5.41, 5.74) is 3.62. The quantitative estimate of drug-likeness (QED) is 0.241. The van der Waals surface area contributed by atoms with Crippen LogP contribution in [0.5, 0.6) is 0 Å². The molecule has 1 aliphatic rings. The van der Waals surface area contributed by atoms with Gasteiger partial charge >= 0.3 is 10.2 Å².